The standard InChI is InChI=1S/C16H24N2O3/c1-20-13-6-8-14(9-7-13)21-10-2-3-16(19)18-11-15(17)12-4-5-12/h6-9,12,15H,2-5,10-11,17H2,1H3,(H,18,19). The lowest BCUT2D eigenvalue weighted by Crippen LogP contribution is -2.38. The van der Waals surface area contributed by atoms with Crippen LogP contribution in [0.2, 0.25) is 0 Å². The SMILES string of the molecule is COc1ccc(OCCCC(=O)NCC(N)C2CC2)cc1. The molecule has 0 aliphatic heterocycles. The third kappa shape index (κ3) is 5.63. The second-order valence-electron chi connectivity index (χ2n) is 5.43. The lowest BCUT2D eigenvalue weighted by Gasteiger charge is -2.11. The summed E-state index contributed by atoms with van der Waals surface area (Å²) < 4.78 is 10.6. The zero-order valence-corrected chi connectivity index (χ0v) is 12.5. The molecule has 1 saturated carbocycles. The summed E-state index contributed by atoms with van der Waals surface area (Å²) in [4.78, 5) is 11.6. The molecule has 0 bridgehead atoms. The van der Waals surface area contributed by atoms with Gasteiger partial charge < -0.3 is 20.5 Å². The van der Waals surface area contributed by atoms with E-state index in [1.54, 1.807) is 7.11 Å². The van der Waals surface area contributed by atoms with Gasteiger partial charge in [0, 0.05) is 19.0 Å². The van der Waals surface area contributed by atoms with Crippen LogP contribution in [0, 0.1) is 5.92 Å². The Hall–Kier alpha value is -1.75. The smallest absolute Gasteiger partial charge is 0.220 e. The summed E-state index contributed by atoms with van der Waals surface area (Å²) in [6, 6.07) is 7.52. The van der Waals surface area contributed by atoms with Crippen LogP contribution in [0.4, 0.5) is 0 Å². The molecule has 1 fully saturated rings. The van der Waals surface area contributed by atoms with Crippen molar-refractivity contribution in [2.45, 2.75) is 31.7 Å². The van der Waals surface area contributed by atoms with Gasteiger partial charge >= 0.3 is 0 Å². The van der Waals surface area contributed by atoms with Crippen LogP contribution < -0.4 is 20.5 Å². The highest BCUT2D eigenvalue weighted by Gasteiger charge is 2.28. The van der Waals surface area contributed by atoms with Crippen LogP contribution in [-0.4, -0.2) is 32.2 Å². The van der Waals surface area contributed by atoms with E-state index in [4.69, 9.17) is 15.2 Å². The van der Waals surface area contributed by atoms with E-state index in [1.807, 2.05) is 24.3 Å². The van der Waals surface area contributed by atoms with Crippen molar-refractivity contribution in [1.29, 1.82) is 0 Å². The maximum absolute atomic E-state index is 11.6. The normalized spacial score (nSPS) is 15.3. The molecule has 1 aromatic carbocycles. The molecule has 1 aliphatic rings. The largest absolute Gasteiger partial charge is 0.497 e. The first-order chi connectivity index (χ1) is 10.2. The van der Waals surface area contributed by atoms with Gasteiger partial charge in [-0.05, 0) is 49.4 Å². The second-order valence-corrected chi connectivity index (χ2v) is 5.43. The predicted molar refractivity (Wildman–Crippen MR) is 81.4 cm³/mol. The summed E-state index contributed by atoms with van der Waals surface area (Å²) in [5, 5.41) is 2.88. The fourth-order valence-electron chi connectivity index (χ4n) is 2.11. The Morgan fingerprint density at radius 3 is 2.62 bits per heavy atom. The Bertz CT molecular complexity index is 443. The molecule has 2 rings (SSSR count). The minimum atomic E-state index is 0.0458. The molecular weight excluding hydrogens is 268 g/mol. The molecule has 0 saturated heterocycles. The van der Waals surface area contributed by atoms with Crippen LogP contribution in [-0.2, 0) is 4.79 Å². The Kier molecular flexibility index (Phi) is 5.87. The first-order valence-corrected chi connectivity index (χ1v) is 7.48. The van der Waals surface area contributed by atoms with E-state index in [9.17, 15) is 4.79 Å². The van der Waals surface area contributed by atoms with Gasteiger partial charge in [-0.25, -0.2) is 0 Å². The van der Waals surface area contributed by atoms with Crippen LogP contribution in [0.15, 0.2) is 24.3 Å². The molecule has 0 spiro atoms. The average molecular weight is 292 g/mol. The number of carbonyl (C=O) groups is 1. The van der Waals surface area contributed by atoms with Gasteiger partial charge in [0.2, 0.25) is 5.91 Å². The lowest BCUT2D eigenvalue weighted by molar-refractivity contribution is -0.121. The van der Waals surface area contributed by atoms with E-state index in [1.165, 1.54) is 12.8 Å². The van der Waals surface area contributed by atoms with Gasteiger partial charge in [-0.15, -0.1) is 0 Å². The molecule has 5 nitrogen and oxygen atoms in total. The molecule has 0 radical (unpaired) electrons. The third-order valence-corrected chi connectivity index (χ3v) is 3.64. The third-order valence-electron chi connectivity index (χ3n) is 3.64. The molecular formula is C16H24N2O3. The van der Waals surface area contributed by atoms with Gasteiger partial charge in [-0.3, -0.25) is 4.79 Å². The fourth-order valence-corrected chi connectivity index (χ4v) is 2.11. The van der Waals surface area contributed by atoms with E-state index >= 15 is 0 Å². The van der Waals surface area contributed by atoms with Gasteiger partial charge in [0.05, 0.1) is 13.7 Å². The number of rotatable bonds is 9. The van der Waals surface area contributed by atoms with Crippen LogP contribution >= 0.6 is 0 Å². The second kappa shape index (κ2) is 7.88. The molecule has 21 heavy (non-hydrogen) atoms. The highest BCUT2D eigenvalue weighted by molar-refractivity contribution is 5.75. The molecule has 5 heteroatoms. The number of methoxy groups -OCH3 is 1. The van der Waals surface area contributed by atoms with Gasteiger partial charge in [-0.1, -0.05) is 0 Å². The Morgan fingerprint density at radius 1 is 1.33 bits per heavy atom. The van der Waals surface area contributed by atoms with Crippen molar-refractivity contribution in [1.82, 2.24) is 5.32 Å². The molecule has 1 amide bonds. The van der Waals surface area contributed by atoms with Crippen molar-refractivity contribution in [2.24, 2.45) is 11.7 Å². The van der Waals surface area contributed by atoms with Crippen molar-refractivity contribution in [2.75, 3.05) is 20.3 Å². The first kappa shape index (κ1) is 15.6. The molecule has 1 atom stereocenters. The van der Waals surface area contributed by atoms with E-state index in [-0.39, 0.29) is 11.9 Å². The highest BCUT2D eigenvalue weighted by Crippen LogP contribution is 2.31. The average Bonchev–Trinajstić information content (AvgIpc) is 3.34. The monoisotopic (exact) mass is 292 g/mol. The van der Waals surface area contributed by atoms with Gasteiger partial charge in [0.25, 0.3) is 0 Å². The molecule has 1 unspecified atom stereocenters. The quantitative estimate of drug-likeness (QED) is 0.680. The highest BCUT2D eigenvalue weighted by atomic mass is 16.5. The summed E-state index contributed by atoms with van der Waals surface area (Å²) in [5.41, 5.74) is 5.93. The van der Waals surface area contributed by atoms with Crippen molar-refractivity contribution >= 4 is 5.91 Å². The van der Waals surface area contributed by atoms with E-state index in [0.29, 0.717) is 31.9 Å². The number of hydrogen-bond acceptors (Lipinski definition) is 4. The Morgan fingerprint density at radius 2 is 2.00 bits per heavy atom. The molecule has 0 heterocycles. The van der Waals surface area contributed by atoms with Crippen molar-refractivity contribution in [3.8, 4) is 11.5 Å². The molecule has 1 aliphatic carbocycles. The topological polar surface area (TPSA) is 73.6 Å². The minimum Gasteiger partial charge on any atom is -0.497 e. The van der Waals surface area contributed by atoms with E-state index in [2.05, 4.69) is 5.32 Å². The van der Waals surface area contributed by atoms with Gasteiger partial charge in [0.15, 0.2) is 0 Å². The molecule has 1 aromatic rings. The van der Waals surface area contributed by atoms with Gasteiger partial charge in [-0.2, -0.15) is 0 Å². The maximum atomic E-state index is 11.6. The number of benzene rings is 1. The number of nitrogens with two attached hydrogens (primary N) is 1. The van der Waals surface area contributed by atoms with E-state index < -0.39 is 0 Å². The van der Waals surface area contributed by atoms with Gasteiger partial charge in [0.1, 0.15) is 11.5 Å². The summed E-state index contributed by atoms with van der Waals surface area (Å²) in [7, 11) is 1.63. The summed E-state index contributed by atoms with van der Waals surface area (Å²) >= 11 is 0. The van der Waals surface area contributed by atoms with Crippen molar-refractivity contribution in [3.05, 3.63) is 24.3 Å². The zero-order chi connectivity index (χ0) is 15.1. The van der Waals surface area contributed by atoms with Crippen LogP contribution in [0.25, 0.3) is 0 Å². The van der Waals surface area contributed by atoms with E-state index in [0.717, 1.165) is 11.5 Å². The first-order valence-electron chi connectivity index (χ1n) is 7.48. The maximum Gasteiger partial charge on any atom is 0.220 e. The number of nitrogens with one attached hydrogen (secondary N) is 1. The van der Waals surface area contributed by atoms with Crippen LogP contribution in [0.5, 0.6) is 11.5 Å². The minimum absolute atomic E-state index is 0.0458. The molecule has 3 N–H and O–H groups in total. The fraction of sp³-hybridized carbons (Fsp3) is 0.562. The van der Waals surface area contributed by atoms with Crippen LogP contribution in [0.3, 0.4) is 0 Å². The predicted octanol–water partition coefficient (Wildman–Crippen LogP) is 1.71. The van der Waals surface area contributed by atoms with Crippen LogP contribution in [0.1, 0.15) is 25.7 Å². The Labute approximate surface area is 125 Å². The number of carbonyl (C=O) groups excluding carboxylic acids is 1. The molecule has 0 aromatic heterocycles. The number of hydrogen-bond donors (Lipinski definition) is 2. The van der Waals surface area contributed by atoms with Crippen molar-refractivity contribution in [3.63, 3.8) is 0 Å². The molecule has 116 valence electrons. The summed E-state index contributed by atoms with van der Waals surface area (Å²) in [5.74, 6) is 2.24. The summed E-state index contributed by atoms with van der Waals surface area (Å²) in [6.45, 7) is 1.11. The lowest BCUT2D eigenvalue weighted by atomic mass is 10.2. The summed E-state index contributed by atoms with van der Waals surface area (Å²) in [6.07, 6.45) is 3.56. The number of ether oxygens (including phenoxy) is 2. The zero-order valence-electron chi connectivity index (χ0n) is 12.5. The Balaban J connectivity index is 1.54. The number of amides is 1. The van der Waals surface area contributed by atoms with Crippen molar-refractivity contribution < 1.29 is 14.3 Å².